The zero-order valence-electron chi connectivity index (χ0n) is 32.6. The maximum atomic E-state index is 7.27. The molecule has 2 aromatic heterocycles. The molecule has 6 heteroatoms. The lowest BCUT2D eigenvalue weighted by Crippen LogP contribution is -2.63. The van der Waals surface area contributed by atoms with E-state index in [1.165, 1.54) is 85.6 Å². The Morgan fingerprint density at radius 1 is 0.517 bits per heavy atom. The molecule has 0 N–H and O–H groups in total. The van der Waals surface area contributed by atoms with E-state index in [0.717, 1.165) is 28.6 Å². The van der Waals surface area contributed by atoms with Crippen molar-refractivity contribution in [2.24, 2.45) is 0 Å². The zero-order chi connectivity index (χ0) is 38.7. The van der Waals surface area contributed by atoms with E-state index in [0.29, 0.717) is 0 Å². The third-order valence-corrected chi connectivity index (χ3v) is 16.1. The topological polar surface area (TPSA) is 15.7 Å². The van der Waals surface area contributed by atoms with Crippen molar-refractivity contribution in [3.8, 4) is 22.6 Å². The smallest absolute Gasteiger partial charge is 0.259 e. The molecule has 0 amide bonds. The summed E-state index contributed by atoms with van der Waals surface area (Å²) in [6, 6.07) is 56.3. The van der Waals surface area contributed by atoms with Crippen LogP contribution in [-0.4, -0.2) is 6.71 Å². The number of thiophene rings is 2. The van der Waals surface area contributed by atoms with E-state index in [4.69, 9.17) is 4.74 Å². The van der Waals surface area contributed by atoms with E-state index >= 15 is 0 Å². The number of hydrogen-bond donors (Lipinski definition) is 0. The first-order valence-electron chi connectivity index (χ1n) is 20.2. The summed E-state index contributed by atoms with van der Waals surface area (Å²) in [5.41, 5.74) is 17.0. The molecule has 4 aliphatic rings. The lowest BCUT2D eigenvalue weighted by atomic mass is 9.32. The minimum absolute atomic E-state index is 0.0768. The molecule has 13 rings (SSSR count). The van der Waals surface area contributed by atoms with E-state index in [1.807, 2.05) is 22.7 Å². The molecule has 58 heavy (non-hydrogen) atoms. The summed E-state index contributed by atoms with van der Waals surface area (Å²) >= 11 is 3.99. The van der Waals surface area contributed by atoms with Crippen LogP contribution in [0.25, 0.3) is 30.6 Å². The van der Waals surface area contributed by atoms with Gasteiger partial charge >= 0.3 is 0 Å². The summed E-state index contributed by atoms with van der Waals surface area (Å²) in [5, 5.41) is 1.37. The largest absolute Gasteiger partial charge is 0.453 e. The van der Waals surface area contributed by atoms with E-state index in [9.17, 15) is 0 Å². The Kier molecular flexibility index (Phi) is 6.43. The second-order valence-corrected chi connectivity index (χ2v) is 19.4. The average Bonchev–Trinajstić information content (AvgIpc) is 3.80. The third-order valence-electron chi connectivity index (χ3n) is 13.5. The summed E-state index contributed by atoms with van der Waals surface area (Å²) in [6.07, 6.45) is 0. The van der Waals surface area contributed by atoms with Crippen LogP contribution in [-0.2, 0) is 10.8 Å². The molecule has 0 saturated heterocycles. The zero-order valence-corrected chi connectivity index (χ0v) is 34.3. The number of nitrogens with zero attached hydrogens (tertiary/aromatic N) is 2. The molecule has 0 fully saturated rings. The number of para-hydroxylation sites is 4. The maximum absolute atomic E-state index is 7.27. The minimum Gasteiger partial charge on any atom is -0.453 e. The minimum atomic E-state index is -0.246. The van der Waals surface area contributed by atoms with Gasteiger partial charge in [0.15, 0.2) is 11.5 Å². The molecule has 0 radical (unpaired) electrons. The van der Waals surface area contributed by atoms with Gasteiger partial charge in [-0.05, 0) is 97.6 Å². The summed E-state index contributed by atoms with van der Waals surface area (Å²) in [4.78, 5) is 4.98. The average molecular weight is 781 g/mol. The van der Waals surface area contributed by atoms with Gasteiger partial charge in [0.1, 0.15) is 0 Å². The molecular weight excluding hydrogens is 744 g/mol. The second-order valence-electron chi connectivity index (χ2n) is 17.3. The highest BCUT2D eigenvalue weighted by Gasteiger charge is 2.50. The Morgan fingerprint density at radius 2 is 1.26 bits per heavy atom. The first-order chi connectivity index (χ1) is 28.3. The number of fused-ring (bicyclic) bond motifs is 14. The van der Waals surface area contributed by atoms with Crippen molar-refractivity contribution in [3.63, 3.8) is 0 Å². The van der Waals surface area contributed by atoms with Gasteiger partial charge in [0, 0.05) is 42.7 Å². The van der Waals surface area contributed by atoms with Crippen LogP contribution in [0.3, 0.4) is 0 Å². The van der Waals surface area contributed by atoms with Gasteiger partial charge in [-0.3, -0.25) is 0 Å². The molecule has 0 spiro atoms. The Labute approximate surface area is 346 Å². The van der Waals surface area contributed by atoms with Gasteiger partial charge in [-0.2, -0.15) is 0 Å². The summed E-state index contributed by atoms with van der Waals surface area (Å²) in [6.45, 7) is 9.69. The predicted octanol–water partition coefficient (Wildman–Crippen LogP) is 12.9. The Hall–Kier alpha value is -6.08. The van der Waals surface area contributed by atoms with Crippen LogP contribution in [0.15, 0.2) is 152 Å². The molecule has 0 unspecified atom stereocenters. The number of hydrogen-bond acceptors (Lipinski definition) is 5. The molecule has 0 aliphatic carbocycles. The summed E-state index contributed by atoms with van der Waals surface area (Å²) in [7, 11) is 0. The molecule has 3 nitrogen and oxygen atoms in total. The lowest BCUT2D eigenvalue weighted by Gasteiger charge is -2.46. The van der Waals surface area contributed by atoms with Crippen LogP contribution in [0.2, 0.25) is 0 Å². The van der Waals surface area contributed by atoms with Crippen molar-refractivity contribution in [2.75, 3.05) is 9.80 Å². The van der Waals surface area contributed by atoms with Gasteiger partial charge < -0.3 is 14.5 Å². The highest BCUT2D eigenvalue weighted by Crippen LogP contribution is 2.58. The van der Waals surface area contributed by atoms with Gasteiger partial charge in [-0.25, -0.2) is 0 Å². The highest BCUT2D eigenvalue weighted by atomic mass is 32.1. The van der Waals surface area contributed by atoms with Crippen molar-refractivity contribution in [1.82, 2.24) is 0 Å². The standard InChI is InChI=1S/C52H37BN2OS2/c1-51(2)34-18-9-10-20-38(34)54-32-25-26-37-40(29-32)55(39-21-11-12-22-42(39)56-43-23-14-19-35(51)47(43)54)41-28-31(30-15-6-5-7-16-30)27-36-46(41)53(37)50-45(52(36,3)4)49-48(58-50)33-17-8-13-24-44(33)57-49/h5-29H,1-4H3. The van der Waals surface area contributed by atoms with Crippen LogP contribution < -0.4 is 30.2 Å². The van der Waals surface area contributed by atoms with Crippen LogP contribution in [0.1, 0.15) is 49.9 Å². The normalized spacial score (nSPS) is 15.9. The Morgan fingerprint density at radius 3 is 2.14 bits per heavy atom. The quantitative estimate of drug-likeness (QED) is 0.154. The fourth-order valence-corrected chi connectivity index (χ4v) is 14.0. The molecule has 9 aromatic rings. The number of rotatable bonds is 1. The van der Waals surface area contributed by atoms with Gasteiger partial charge in [0.2, 0.25) is 0 Å². The molecule has 2 bridgehead atoms. The van der Waals surface area contributed by atoms with Crippen LogP contribution in [0, 0.1) is 0 Å². The molecule has 276 valence electrons. The van der Waals surface area contributed by atoms with E-state index in [2.05, 4.69) is 189 Å². The maximum Gasteiger partial charge on any atom is 0.259 e. The fraction of sp³-hybridized carbons (Fsp3) is 0.115. The SMILES string of the molecule is CC1(C)c2ccccc2N2c3ccc4c(c3)N(c3ccccc3Oc3cccc1c32)c1cc(-c2ccccc2)cc2c1B4c1sc3c(sc4ccccc43)c1C2(C)C. The predicted molar refractivity (Wildman–Crippen MR) is 247 cm³/mol. The van der Waals surface area contributed by atoms with Gasteiger partial charge in [0.25, 0.3) is 6.71 Å². The van der Waals surface area contributed by atoms with E-state index in [1.54, 1.807) is 0 Å². The number of benzene rings is 7. The molecule has 6 heterocycles. The van der Waals surface area contributed by atoms with Crippen molar-refractivity contribution >= 4 is 98.7 Å². The van der Waals surface area contributed by atoms with Crippen molar-refractivity contribution in [2.45, 2.75) is 38.5 Å². The monoisotopic (exact) mass is 780 g/mol. The van der Waals surface area contributed by atoms with Crippen LogP contribution >= 0.6 is 22.7 Å². The second kappa shape index (κ2) is 11.3. The number of ether oxygens (including phenoxy) is 1. The van der Waals surface area contributed by atoms with E-state index in [-0.39, 0.29) is 17.5 Å². The van der Waals surface area contributed by atoms with E-state index < -0.39 is 0 Å². The van der Waals surface area contributed by atoms with Crippen molar-refractivity contribution in [3.05, 3.63) is 174 Å². The van der Waals surface area contributed by atoms with Gasteiger partial charge in [-0.15, -0.1) is 22.7 Å². The first-order valence-corrected chi connectivity index (χ1v) is 21.8. The molecular formula is C52H37BN2OS2. The highest BCUT2D eigenvalue weighted by molar-refractivity contribution is 7.39. The van der Waals surface area contributed by atoms with Crippen LogP contribution in [0.5, 0.6) is 11.5 Å². The lowest BCUT2D eigenvalue weighted by molar-refractivity contribution is 0.481. The molecule has 0 saturated carbocycles. The molecule has 0 atom stereocenters. The molecule has 4 aliphatic heterocycles. The van der Waals surface area contributed by atoms with Gasteiger partial charge in [-0.1, -0.05) is 131 Å². The Balaban J connectivity index is 1.17. The third kappa shape index (κ3) is 4.14. The first kappa shape index (κ1) is 33.0. The Bertz CT molecular complexity index is 3250. The fourth-order valence-electron chi connectivity index (χ4n) is 10.8. The van der Waals surface area contributed by atoms with Gasteiger partial charge in [0.05, 0.1) is 21.8 Å². The molecule has 7 aromatic carbocycles. The summed E-state index contributed by atoms with van der Waals surface area (Å²) < 4.78 is 13.0. The van der Waals surface area contributed by atoms with Crippen molar-refractivity contribution in [1.29, 1.82) is 0 Å². The van der Waals surface area contributed by atoms with Crippen LogP contribution in [0.4, 0.5) is 34.1 Å². The summed E-state index contributed by atoms with van der Waals surface area (Å²) in [5.74, 6) is 1.69. The van der Waals surface area contributed by atoms with Crippen molar-refractivity contribution < 1.29 is 4.74 Å². The number of anilines is 6.